The van der Waals surface area contributed by atoms with Crippen molar-refractivity contribution in [3.05, 3.63) is 35.4 Å². The number of amides is 1. The number of rotatable bonds is 9. The monoisotopic (exact) mass is 317 g/mol. The van der Waals surface area contributed by atoms with Crippen LogP contribution in [0.1, 0.15) is 12.0 Å². The van der Waals surface area contributed by atoms with Crippen LogP contribution in [0, 0.1) is 11.3 Å². The van der Waals surface area contributed by atoms with Crippen LogP contribution in [0.15, 0.2) is 29.8 Å². The number of nitriles is 1. The molecule has 0 unspecified atom stereocenters. The summed E-state index contributed by atoms with van der Waals surface area (Å²) in [5, 5.41) is 22.0. The van der Waals surface area contributed by atoms with Gasteiger partial charge < -0.3 is 24.7 Å². The molecule has 0 aliphatic heterocycles. The van der Waals surface area contributed by atoms with Gasteiger partial charge in [0.1, 0.15) is 24.0 Å². The highest BCUT2D eigenvalue weighted by Crippen LogP contribution is 2.14. The number of carboxylic acids is 1. The largest absolute Gasteiger partial charge is 0.546 e. The average molecular weight is 317 g/mol. The van der Waals surface area contributed by atoms with Crippen molar-refractivity contribution >= 4 is 18.0 Å². The minimum absolute atomic E-state index is 0.0224. The van der Waals surface area contributed by atoms with Crippen molar-refractivity contribution in [3.8, 4) is 11.8 Å². The number of benzene rings is 1. The van der Waals surface area contributed by atoms with Crippen LogP contribution in [0.25, 0.3) is 6.08 Å². The Labute approximate surface area is 134 Å². The Balaban J connectivity index is 2.65. The molecule has 0 fully saturated rings. The Bertz CT molecular complexity index is 602. The van der Waals surface area contributed by atoms with Crippen molar-refractivity contribution < 1.29 is 24.2 Å². The van der Waals surface area contributed by atoms with E-state index in [4.69, 9.17) is 14.7 Å². The van der Waals surface area contributed by atoms with E-state index in [0.717, 1.165) is 0 Å². The Morgan fingerprint density at radius 1 is 1.35 bits per heavy atom. The topological polar surface area (TPSA) is 111 Å². The third-order valence-electron chi connectivity index (χ3n) is 2.72. The van der Waals surface area contributed by atoms with E-state index in [1.54, 1.807) is 31.4 Å². The first-order valence-corrected chi connectivity index (χ1v) is 6.88. The fourth-order valence-electron chi connectivity index (χ4n) is 1.63. The maximum Gasteiger partial charge on any atom is 0.261 e. The van der Waals surface area contributed by atoms with Gasteiger partial charge in [0.2, 0.25) is 0 Å². The Morgan fingerprint density at radius 3 is 2.61 bits per heavy atom. The number of nitrogens with zero attached hydrogens (tertiary/aromatic N) is 1. The van der Waals surface area contributed by atoms with Gasteiger partial charge in [0, 0.05) is 20.3 Å². The van der Waals surface area contributed by atoms with Crippen molar-refractivity contribution in [3.63, 3.8) is 0 Å². The number of carboxylic acid groups (broad SMARTS) is 1. The van der Waals surface area contributed by atoms with Gasteiger partial charge in [-0.25, -0.2) is 0 Å². The molecule has 1 rings (SSSR count). The van der Waals surface area contributed by atoms with Crippen LogP contribution in [-0.4, -0.2) is 38.7 Å². The lowest BCUT2D eigenvalue weighted by molar-refractivity contribution is -0.307. The molecule has 1 N–H and O–H groups in total. The Kier molecular flexibility index (Phi) is 7.89. The molecule has 1 aromatic rings. The van der Waals surface area contributed by atoms with E-state index < -0.39 is 18.5 Å². The van der Waals surface area contributed by atoms with Gasteiger partial charge in [-0.15, -0.1) is 0 Å². The molecule has 0 saturated heterocycles. The van der Waals surface area contributed by atoms with Crippen LogP contribution in [0.5, 0.6) is 5.75 Å². The second-order valence-corrected chi connectivity index (χ2v) is 4.50. The first-order valence-electron chi connectivity index (χ1n) is 6.88. The van der Waals surface area contributed by atoms with Crippen molar-refractivity contribution in [2.45, 2.75) is 6.42 Å². The molecule has 7 heteroatoms. The zero-order chi connectivity index (χ0) is 17.1. The van der Waals surface area contributed by atoms with E-state index in [1.807, 2.05) is 6.07 Å². The SMILES string of the molecule is COCCCNC(=O)/C(C#N)=C/c1ccc(OCC(=O)[O-])cc1. The number of aliphatic carboxylic acids is 1. The van der Waals surface area contributed by atoms with E-state index >= 15 is 0 Å². The van der Waals surface area contributed by atoms with Crippen LogP contribution in [0.2, 0.25) is 0 Å². The number of methoxy groups -OCH3 is 1. The van der Waals surface area contributed by atoms with Crippen LogP contribution in [0.4, 0.5) is 0 Å². The summed E-state index contributed by atoms with van der Waals surface area (Å²) in [6.07, 6.45) is 2.10. The summed E-state index contributed by atoms with van der Waals surface area (Å²) in [5.74, 6) is -1.42. The van der Waals surface area contributed by atoms with E-state index in [2.05, 4.69) is 5.32 Å². The standard InChI is InChI=1S/C16H18N2O5/c1-22-8-2-7-18-16(21)13(10-17)9-12-3-5-14(6-4-12)23-11-15(19)20/h3-6,9H,2,7-8,11H2,1H3,(H,18,21)(H,19,20)/p-1/b13-9+. The highest BCUT2D eigenvalue weighted by atomic mass is 16.5. The first-order chi connectivity index (χ1) is 11.1. The number of ether oxygens (including phenoxy) is 2. The van der Waals surface area contributed by atoms with Crippen molar-refractivity contribution in [1.29, 1.82) is 5.26 Å². The number of hydrogen-bond donors (Lipinski definition) is 1. The third-order valence-corrected chi connectivity index (χ3v) is 2.72. The first kappa shape index (κ1) is 18.2. The van der Waals surface area contributed by atoms with Gasteiger partial charge in [0.25, 0.3) is 5.91 Å². The zero-order valence-electron chi connectivity index (χ0n) is 12.7. The lowest BCUT2D eigenvalue weighted by Crippen LogP contribution is -2.28. The van der Waals surface area contributed by atoms with Gasteiger partial charge in [-0.2, -0.15) is 5.26 Å². The molecule has 0 aliphatic rings. The number of carbonyl (C=O) groups is 2. The summed E-state index contributed by atoms with van der Waals surface area (Å²) >= 11 is 0. The molecule has 7 nitrogen and oxygen atoms in total. The Hall–Kier alpha value is -2.85. The lowest BCUT2D eigenvalue weighted by Gasteiger charge is -2.07. The minimum atomic E-state index is -1.31. The normalized spacial score (nSPS) is 10.7. The quantitative estimate of drug-likeness (QED) is 0.386. The van der Waals surface area contributed by atoms with Gasteiger partial charge >= 0.3 is 0 Å². The van der Waals surface area contributed by atoms with Crippen molar-refractivity contribution in [2.75, 3.05) is 26.9 Å². The van der Waals surface area contributed by atoms with Crippen LogP contribution in [-0.2, 0) is 14.3 Å². The maximum atomic E-state index is 11.8. The molecule has 1 aromatic carbocycles. The van der Waals surface area contributed by atoms with E-state index in [1.165, 1.54) is 6.08 Å². The molecule has 0 heterocycles. The highest BCUT2D eigenvalue weighted by Gasteiger charge is 2.08. The van der Waals surface area contributed by atoms with Crippen LogP contribution >= 0.6 is 0 Å². The third kappa shape index (κ3) is 7.11. The molecule has 23 heavy (non-hydrogen) atoms. The molecule has 1 amide bonds. The number of hydrogen-bond acceptors (Lipinski definition) is 6. The van der Waals surface area contributed by atoms with Gasteiger partial charge in [0.05, 0.1) is 5.97 Å². The highest BCUT2D eigenvalue weighted by molar-refractivity contribution is 6.01. The van der Waals surface area contributed by atoms with Gasteiger partial charge in [0.15, 0.2) is 0 Å². The summed E-state index contributed by atoms with van der Waals surface area (Å²) < 4.78 is 9.81. The molecule has 0 radical (unpaired) electrons. The molecule has 0 spiro atoms. The zero-order valence-corrected chi connectivity index (χ0v) is 12.7. The van der Waals surface area contributed by atoms with Crippen LogP contribution < -0.4 is 15.2 Å². The van der Waals surface area contributed by atoms with E-state index in [0.29, 0.717) is 30.9 Å². The second-order valence-electron chi connectivity index (χ2n) is 4.50. The van der Waals surface area contributed by atoms with Gasteiger partial charge in [-0.3, -0.25) is 4.79 Å². The molecular formula is C16H17N2O5-. The molecular weight excluding hydrogens is 300 g/mol. The summed E-state index contributed by atoms with van der Waals surface area (Å²) in [4.78, 5) is 22.1. The van der Waals surface area contributed by atoms with Crippen molar-refractivity contribution in [2.24, 2.45) is 0 Å². The van der Waals surface area contributed by atoms with Crippen molar-refractivity contribution in [1.82, 2.24) is 5.32 Å². The van der Waals surface area contributed by atoms with Crippen LogP contribution in [0.3, 0.4) is 0 Å². The number of carbonyl (C=O) groups excluding carboxylic acids is 2. The van der Waals surface area contributed by atoms with Gasteiger partial charge in [-0.05, 0) is 30.2 Å². The lowest BCUT2D eigenvalue weighted by atomic mass is 10.1. The summed E-state index contributed by atoms with van der Waals surface area (Å²) in [6.45, 7) is 0.406. The molecule has 0 bridgehead atoms. The van der Waals surface area contributed by atoms with E-state index in [-0.39, 0.29) is 5.57 Å². The molecule has 0 saturated carbocycles. The average Bonchev–Trinajstić information content (AvgIpc) is 2.55. The maximum absolute atomic E-state index is 11.8. The Morgan fingerprint density at radius 2 is 2.04 bits per heavy atom. The summed E-state index contributed by atoms with van der Waals surface area (Å²) in [6, 6.07) is 8.15. The molecule has 0 aromatic heterocycles. The van der Waals surface area contributed by atoms with Gasteiger partial charge in [-0.1, -0.05) is 12.1 Å². The van der Waals surface area contributed by atoms with E-state index in [9.17, 15) is 14.7 Å². The predicted octanol–water partition coefficient (Wildman–Crippen LogP) is -0.125. The smallest absolute Gasteiger partial charge is 0.261 e. The molecule has 0 aliphatic carbocycles. The fraction of sp³-hybridized carbons (Fsp3) is 0.312. The fourth-order valence-corrected chi connectivity index (χ4v) is 1.63. The summed E-state index contributed by atoms with van der Waals surface area (Å²) in [5.41, 5.74) is 0.597. The molecule has 0 atom stereocenters. The molecule has 122 valence electrons. The minimum Gasteiger partial charge on any atom is -0.546 e. The second kappa shape index (κ2) is 9.97. The summed E-state index contributed by atoms with van der Waals surface area (Å²) in [7, 11) is 1.57. The number of nitrogens with one attached hydrogen (secondary N) is 1. The predicted molar refractivity (Wildman–Crippen MR) is 80.0 cm³/mol.